The van der Waals surface area contributed by atoms with Gasteiger partial charge in [0.2, 0.25) is 5.91 Å². The molecule has 3 aromatic rings. The van der Waals surface area contributed by atoms with Gasteiger partial charge in [-0.05, 0) is 53.9 Å². The quantitative estimate of drug-likeness (QED) is 0.430. The van der Waals surface area contributed by atoms with Crippen LogP contribution < -0.4 is 10.6 Å². The standard InChI is InChI=1S/C27H25ClFN3O4/c1-2-13-30-26(34)23-24(36-27(35)32(23)16-17-7-5-9-19(28)14-17)18-8-6-10-20(15-18)31-25(33)21-11-3-4-12-22(21)29/h3-12,14-15,23-24H,2,13,16H2,1H3,(H,30,34)(H,31,33). The summed E-state index contributed by atoms with van der Waals surface area (Å²) in [5, 5.41) is 6.02. The predicted octanol–water partition coefficient (Wildman–Crippen LogP) is 5.32. The van der Waals surface area contributed by atoms with Gasteiger partial charge in [0.1, 0.15) is 5.82 Å². The maximum absolute atomic E-state index is 14.0. The van der Waals surface area contributed by atoms with Gasteiger partial charge in [-0.3, -0.25) is 14.5 Å². The Balaban J connectivity index is 1.61. The highest BCUT2D eigenvalue weighted by atomic mass is 35.5. The van der Waals surface area contributed by atoms with Crippen LogP contribution in [0, 0.1) is 5.82 Å². The summed E-state index contributed by atoms with van der Waals surface area (Å²) in [6, 6.07) is 18.4. The van der Waals surface area contributed by atoms with Crippen molar-refractivity contribution in [2.45, 2.75) is 32.0 Å². The molecule has 0 bridgehead atoms. The van der Waals surface area contributed by atoms with E-state index in [4.69, 9.17) is 16.3 Å². The fourth-order valence-corrected chi connectivity index (χ4v) is 4.24. The van der Waals surface area contributed by atoms with Gasteiger partial charge in [0.25, 0.3) is 5.91 Å². The van der Waals surface area contributed by atoms with Gasteiger partial charge >= 0.3 is 6.09 Å². The van der Waals surface area contributed by atoms with Crippen molar-refractivity contribution in [1.29, 1.82) is 0 Å². The zero-order valence-corrected chi connectivity index (χ0v) is 20.3. The molecule has 1 aliphatic heterocycles. The van der Waals surface area contributed by atoms with Crippen molar-refractivity contribution >= 4 is 35.2 Å². The molecule has 1 aliphatic rings. The first-order chi connectivity index (χ1) is 17.4. The van der Waals surface area contributed by atoms with E-state index in [-0.39, 0.29) is 18.0 Å². The number of rotatable bonds is 8. The average molecular weight is 510 g/mol. The summed E-state index contributed by atoms with van der Waals surface area (Å²) >= 11 is 6.10. The Bertz CT molecular complexity index is 1290. The summed E-state index contributed by atoms with van der Waals surface area (Å²) in [6.45, 7) is 2.50. The van der Waals surface area contributed by atoms with Crippen LogP contribution in [0.25, 0.3) is 0 Å². The van der Waals surface area contributed by atoms with Gasteiger partial charge in [0, 0.05) is 17.3 Å². The van der Waals surface area contributed by atoms with Gasteiger partial charge in [0.15, 0.2) is 12.1 Å². The number of amides is 3. The fraction of sp³-hybridized carbons (Fsp3) is 0.222. The van der Waals surface area contributed by atoms with Crippen LogP contribution in [0.1, 0.15) is 40.9 Å². The van der Waals surface area contributed by atoms with Crippen molar-refractivity contribution in [2.75, 3.05) is 11.9 Å². The molecule has 3 amide bonds. The van der Waals surface area contributed by atoms with Crippen molar-refractivity contribution in [2.24, 2.45) is 0 Å². The minimum absolute atomic E-state index is 0.0975. The number of benzene rings is 3. The molecule has 2 N–H and O–H groups in total. The molecule has 0 aromatic heterocycles. The van der Waals surface area contributed by atoms with E-state index >= 15 is 0 Å². The maximum atomic E-state index is 14.0. The van der Waals surface area contributed by atoms with E-state index in [2.05, 4.69) is 10.6 Å². The fourth-order valence-electron chi connectivity index (χ4n) is 4.03. The van der Waals surface area contributed by atoms with Crippen LogP contribution in [0.4, 0.5) is 14.9 Å². The van der Waals surface area contributed by atoms with E-state index in [0.29, 0.717) is 22.8 Å². The minimum atomic E-state index is -0.944. The van der Waals surface area contributed by atoms with Gasteiger partial charge < -0.3 is 15.4 Å². The zero-order valence-electron chi connectivity index (χ0n) is 19.5. The van der Waals surface area contributed by atoms with Gasteiger partial charge in [-0.25, -0.2) is 9.18 Å². The Morgan fingerprint density at radius 2 is 1.83 bits per heavy atom. The molecule has 0 spiro atoms. The Labute approximate surface area is 213 Å². The first kappa shape index (κ1) is 25.2. The average Bonchev–Trinajstić information content (AvgIpc) is 3.19. The first-order valence-electron chi connectivity index (χ1n) is 11.5. The number of carbonyl (C=O) groups is 3. The number of ether oxygens (including phenoxy) is 1. The third-order valence-electron chi connectivity index (χ3n) is 5.74. The molecule has 9 heteroatoms. The SMILES string of the molecule is CCCNC(=O)C1C(c2cccc(NC(=O)c3ccccc3F)c2)OC(=O)N1Cc1cccc(Cl)c1. The Hall–Kier alpha value is -3.91. The van der Waals surface area contributed by atoms with Gasteiger partial charge in [-0.15, -0.1) is 0 Å². The van der Waals surface area contributed by atoms with Crippen LogP contribution in [0.15, 0.2) is 72.8 Å². The molecule has 7 nitrogen and oxygen atoms in total. The van der Waals surface area contributed by atoms with Crippen LogP contribution in [0.2, 0.25) is 5.02 Å². The molecule has 0 saturated carbocycles. The topological polar surface area (TPSA) is 87.7 Å². The maximum Gasteiger partial charge on any atom is 0.411 e. The highest BCUT2D eigenvalue weighted by molar-refractivity contribution is 6.30. The Kier molecular flexibility index (Phi) is 7.85. The van der Waals surface area contributed by atoms with E-state index in [1.54, 1.807) is 48.5 Å². The molecular formula is C27H25ClFN3O4. The lowest BCUT2D eigenvalue weighted by molar-refractivity contribution is -0.126. The Morgan fingerprint density at radius 3 is 2.58 bits per heavy atom. The van der Waals surface area contributed by atoms with Crippen molar-refractivity contribution < 1.29 is 23.5 Å². The van der Waals surface area contributed by atoms with Gasteiger partial charge in [-0.2, -0.15) is 0 Å². The summed E-state index contributed by atoms with van der Waals surface area (Å²) in [7, 11) is 0. The summed E-state index contributed by atoms with van der Waals surface area (Å²) in [5.74, 6) is -1.61. The number of nitrogens with one attached hydrogen (secondary N) is 2. The number of nitrogens with zero attached hydrogens (tertiary/aromatic N) is 1. The summed E-state index contributed by atoms with van der Waals surface area (Å²) in [6.07, 6.45) is -0.833. The summed E-state index contributed by atoms with van der Waals surface area (Å²) in [5.41, 5.74) is 1.54. The molecule has 2 unspecified atom stereocenters. The summed E-state index contributed by atoms with van der Waals surface area (Å²) in [4.78, 5) is 40.0. The van der Waals surface area contributed by atoms with E-state index in [1.807, 2.05) is 13.0 Å². The second-order valence-corrected chi connectivity index (χ2v) is 8.79. The monoisotopic (exact) mass is 509 g/mol. The number of halogens is 2. The Morgan fingerprint density at radius 1 is 1.06 bits per heavy atom. The van der Waals surface area contributed by atoms with E-state index in [9.17, 15) is 18.8 Å². The predicted molar refractivity (Wildman–Crippen MR) is 134 cm³/mol. The lowest BCUT2D eigenvalue weighted by atomic mass is 10.00. The molecule has 0 aliphatic carbocycles. The lowest BCUT2D eigenvalue weighted by Gasteiger charge is -2.24. The molecule has 2 atom stereocenters. The van der Waals surface area contributed by atoms with Crippen molar-refractivity contribution in [3.63, 3.8) is 0 Å². The van der Waals surface area contributed by atoms with E-state index < -0.39 is 30.0 Å². The molecule has 36 heavy (non-hydrogen) atoms. The third-order valence-corrected chi connectivity index (χ3v) is 5.97. The third kappa shape index (κ3) is 5.66. The minimum Gasteiger partial charge on any atom is -0.438 e. The van der Waals surface area contributed by atoms with Crippen LogP contribution in [0.3, 0.4) is 0 Å². The molecule has 3 aromatic carbocycles. The van der Waals surface area contributed by atoms with Crippen molar-refractivity contribution in [3.8, 4) is 0 Å². The zero-order chi connectivity index (χ0) is 25.7. The summed E-state index contributed by atoms with van der Waals surface area (Å²) < 4.78 is 19.7. The van der Waals surface area contributed by atoms with Crippen molar-refractivity contribution in [1.82, 2.24) is 10.2 Å². The smallest absolute Gasteiger partial charge is 0.411 e. The second-order valence-electron chi connectivity index (χ2n) is 8.36. The van der Waals surface area contributed by atoms with Crippen molar-refractivity contribution in [3.05, 3.63) is 100 Å². The molecule has 186 valence electrons. The highest BCUT2D eigenvalue weighted by Crippen LogP contribution is 2.35. The normalized spacial score (nSPS) is 17.0. The molecule has 1 saturated heterocycles. The lowest BCUT2D eigenvalue weighted by Crippen LogP contribution is -2.46. The molecule has 1 fully saturated rings. The number of hydrogen-bond donors (Lipinski definition) is 2. The molecule has 0 radical (unpaired) electrons. The van der Waals surface area contributed by atoms with Crippen LogP contribution >= 0.6 is 11.6 Å². The van der Waals surface area contributed by atoms with Crippen LogP contribution in [-0.2, 0) is 16.1 Å². The number of cyclic esters (lactones) is 1. The van der Waals surface area contributed by atoms with Gasteiger partial charge in [0.05, 0.1) is 12.1 Å². The number of anilines is 1. The molecular weight excluding hydrogens is 485 g/mol. The highest BCUT2D eigenvalue weighted by Gasteiger charge is 2.47. The second kappa shape index (κ2) is 11.2. The van der Waals surface area contributed by atoms with Crippen LogP contribution in [-0.4, -0.2) is 35.4 Å². The largest absolute Gasteiger partial charge is 0.438 e. The van der Waals surface area contributed by atoms with E-state index in [1.165, 1.54) is 23.1 Å². The number of carbonyl (C=O) groups excluding carboxylic acids is 3. The first-order valence-corrected chi connectivity index (χ1v) is 11.9. The number of hydrogen-bond acceptors (Lipinski definition) is 4. The molecule has 4 rings (SSSR count). The van der Waals surface area contributed by atoms with E-state index in [0.717, 1.165) is 12.0 Å². The van der Waals surface area contributed by atoms with Crippen LogP contribution in [0.5, 0.6) is 0 Å². The van der Waals surface area contributed by atoms with Gasteiger partial charge in [-0.1, -0.05) is 54.9 Å². The molecule has 1 heterocycles.